The smallest absolute Gasteiger partial charge is 0.316 e. The van der Waals surface area contributed by atoms with Crippen LogP contribution in [0.25, 0.3) is 0 Å². The minimum atomic E-state index is -0.859. The molecule has 150 valence electrons. The van der Waals surface area contributed by atoms with E-state index in [9.17, 15) is 9.59 Å². The zero-order valence-corrected chi connectivity index (χ0v) is 19.1. The number of nitrogens with zero attached hydrogens (tertiary/aromatic N) is 1. The van der Waals surface area contributed by atoms with E-state index in [1.165, 1.54) is 0 Å². The van der Waals surface area contributed by atoms with Crippen molar-refractivity contribution < 1.29 is 14.3 Å². The second kappa shape index (κ2) is 7.73. The molecule has 2 aliphatic rings. The van der Waals surface area contributed by atoms with E-state index >= 15 is 0 Å². The summed E-state index contributed by atoms with van der Waals surface area (Å²) in [6.07, 6.45) is 4.11. The third-order valence-corrected chi connectivity index (χ3v) is 7.58. The fourth-order valence-electron chi connectivity index (χ4n) is 4.25. The average molecular weight is 519 g/mol. The van der Waals surface area contributed by atoms with Crippen LogP contribution < -0.4 is 0 Å². The van der Waals surface area contributed by atoms with Crippen LogP contribution in [-0.2, 0) is 16.0 Å². The average Bonchev–Trinajstić information content (AvgIpc) is 3.32. The summed E-state index contributed by atoms with van der Waals surface area (Å²) < 4.78 is 4.93. The molecule has 0 spiro atoms. The molecule has 1 saturated carbocycles. The number of esters is 1. The number of hydrogen-bond donors (Lipinski definition) is 0. The summed E-state index contributed by atoms with van der Waals surface area (Å²) in [7, 11) is 0. The summed E-state index contributed by atoms with van der Waals surface area (Å²) >= 11 is 7.49. The Balaban J connectivity index is 1.74. The second-order valence-corrected chi connectivity index (χ2v) is 11.1. The Morgan fingerprint density at radius 2 is 1.66 bits per heavy atom. The SMILES string of the molecule is CCOC(=O)[C@@]1(Cc2ccccc2)C=CN(C(=O)c2ccccc2)[C@@H]2[C@@H]1C2(Br)Br. The van der Waals surface area contributed by atoms with Crippen molar-refractivity contribution in [1.82, 2.24) is 4.90 Å². The van der Waals surface area contributed by atoms with E-state index in [0.29, 0.717) is 18.6 Å². The first-order chi connectivity index (χ1) is 13.9. The van der Waals surface area contributed by atoms with Crippen LogP contribution in [0.3, 0.4) is 0 Å². The predicted molar refractivity (Wildman–Crippen MR) is 119 cm³/mol. The van der Waals surface area contributed by atoms with Gasteiger partial charge in [0.15, 0.2) is 0 Å². The van der Waals surface area contributed by atoms with E-state index in [1.807, 2.05) is 61.5 Å². The minimum absolute atomic E-state index is 0.0882. The van der Waals surface area contributed by atoms with Crippen LogP contribution in [0.1, 0.15) is 22.8 Å². The van der Waals surface area contributed by atoms with Gasteiger partial charge in [-0.1, -0.05) is 86.5 Å². The summed E-state index contributed by atoms with van der Waals surface area (Å²) in [5.41, 5.74) is 0.808. The summed E-state index contributed by atoms with van der Waals surface area (Å²) in [5.74, 6) is -0.510. The van der Waals surface area contributed by atoms with Gasteiger partial charge in [-0.2, -0.15) is 0 Å². The molecule has 1 aliphatic heterocycles. The van der Waals surface area contributed by atoms with Gasteiger partial charge in [-0.15, -0.1) is 0 Å². The normalized spacial score (nSPS) is 26.5. The number of carbonyl (C=O) groups is 2. The number of fused-ring (bicyclic) bond motifs is 1. The lowest BCUT2D eigenvalue weighted by atomic mass is 9.75. The molecule has 0 saturated heterocycles. The van der Waals surface area contributed by atoms with Gasteiger partial charge in [-0.3, -0.25) is 9.59 Å². The maximum atomic E-state index is 13.2. The molecule has 0 bridgehead atoms. The summed E-state index contributed by atoms with van der Waals surface area (Å²) in [6, 6.07) is 18.9. The van der Waals surface area contributed by atoms with Crippen molar-refractivity contribution in [3.8, 4) is 0 Å². The molecule has 3 atom stereocenters. The van der Waals surface area contributed by atoms with Crippen LogP contribution in [0.2, 0.25) is 0 Å². The summed E-state index contributed by atoms with van der Waals surface area (Å²) in [6.45, 7) is 2.12. The van der Waals surface area contributed by atoms with Gasteiger partial charge < -0.3 is 9.64 Å². The molecule has 2 aromatic rings. The van der Waals surface area contributed by atoms with E-state index in [1.54, 1.807) is 23.2 Å². The molecule has 0 unspecified atom stereocenters. The van der Waals surface area contributed by atoms with Crippen molar-refractivity contribution in [2.24, 2.45) is 11.3 Å². The van der Waals surface area contributed by atoms with E-state index in [0.717, 1.165) is 5.56 Å². The van der Waals surface area contributed by atoms with Gasteiger partial charge in [-0.05, 0) is 31.0 Å². The topological polar surface area (TPSA) is 46.6 Å². The molecule has 1 amide bonds. The Morgan fingerprint density at radius 3 is 2.28 bits per heavy atom. The Bertz CT molecular complexity index is 945. The molecule has 2 aromatic carbocycles. The molecule has 4 nitrogen and oxygen atoms in total. The lowest BCUT2D eigenvalue weighted by Gasteiger charge is -2.34. The number of benzene rings is 2. The number of carbonyl (C=O) groups excluding carboxylic acids is 2. The first kappa shape index (κ1) is 20.4. The fourth-order valence-corrected chi connectivity index (χ4v) is 6.27. The highest BCUT2D eigenvalue weighted by Crippen LogP contribution is 2.69. The third kappa shape index (κ3) is 3.46. The van der Waals surface area contributed by atoms with Crippen LogP contribution in [0.4, 0.5) is 0 Å². The fraction of sp³-hybridized carbons (Fsp3) is 0.304. The highest BCUT2D eigenvalue weighted by atomic mass is 79.9. The molecule has 29 heavy (non-hydrogen) atoms. The van der Waals surface area contributed by atoms with Gasteiger partial charge in [-0.25, -0.2) is 0 Å². The van der Waals surface area contributed by atoms with Gasteiger partial charge in [0.25, 0.3) is 5.91 Å². The Morgan fingerprint density at radius 1 is 1.03 bits per heavy atom. The molecule has 1 aliphatic carbocycles. The molecule has 4 rings (SSSR count). The van der Waals surface area contributed by atoms with Crippen molar-refractivity contribution in [2.75, 3.05) is 6.61 Å². The molecular weight excluding hydrogens is 498 g/mol. The number of alkyl halides is 2. The van der Waals surface area contributed by atoms with Gasteiger partial charge in [0.05, 0.1) is 18.1 Å². The molecular formula is C23H21Br2NO3. The van der Waals surface area contributed by atoms with E-state index in [2.05, 4.69) is 31.9 Å². The first-order valence-corrected chi connectivity index (χ1v) is 11.2. The molecule has 0 N–H and O–H groups in total. The third-order valence-electron chi connectivity index (χ3n) is 5.65. The largest absolute Gasteiger partial charge is 0.465 e. The zero-order chi connectivity index (χ0) is 20.6. The summed E-state index contributed by atoms with van der Waals surface area (Å²) in [5, 5.41) is 0. The predicted octanol–water partition coefficient (Wildman–Crippen LogP) is 4.93. The van der Waals surface area contributed by atoms with E-state index in [4.69, 9.17) is 4.74 Å². The summed E-state index contributed by atoms with van der Waals surface area (Å²) in [4.78, 5) is 28.0. The van der Waals surface area contributed by atoms with Crippen LogP contribution >= 0.6 is 31.9 Å². The van der Waals surface area contributed by atoms with Crippen LogP contribution in [0, 0.1) is 11.3 Å². The quantitative estimate of drug-likeness (QED) is 0.416. The van der Waals surface area contributed by atoms with Crippen LogP contribution in [0.5, 0.6) is 0 Å². The van der Waals surface area contributed by atoms with Gasteiger partial charge in [0.2, 0.25) is 0 Å². The van der Waals surface area contributed by atoms with E-state index in [-0.39, 0.29) is 23.8 Å². The number of amides is 1. The maximum Gasteiger partial charge on any atom is 0.316 e. The molecule has 1 fully saturated rings. The van der Waals surface area contributed by atoms with E-state index < -0.39 is 8.65 Å². The van der Waals surface area contributed by atoms with Gasteiger partial charge in [0, 0.05) is 17.7 Å². The van der Waals surface area contributed by atoms with Crippen molar-refractivity contribution in [3.05, 3.63) is 84.1 Å². The molecule has 6 heteroatoms. The number of rotatable bonds is 5. The lowest BCUT2D eigenvalue weighted by molar-refractivity contribution is -0.154. The number of halogens is 2. The highest BCUT2D eigenvalue weighted by molar-refractivity contribution is 9.25. The van der Waals surface area contributed by atoms with Crippen molar-refractivity contribution >= 4 is 43.7 Å². The minimum Gasteiger partial charge on any atom is -0.465 e. The van der Waals surface area contributed by atoms with Crippen molar-refractivity contribution in [3.63, 3.8) is 0 Å². The Labute approximate surface area is 187 Å². The molecule has 0 aromatic heterocycles. The molecule has 0 radical (unpaired) electrons. The Hall–Kier alpha value is -1.92. The number of hydrogen-bond acceptors (Lipinski definition) is 3. The van der Waals surface area contributed by atoms with Crippen molar-refractivity contribution in [2.45, 2.75) is 22.6 Å². The number of ether oxygens (including phenoxy) is 1. The molecule has 1 heterocycles. The van der Waals surface area contributed by atoms with Gasteiger partial charge in [0.1, 0.15) is 3.23 Å². The van der Waals surface area contributed by atoms with Crippen LogP contribution in [0.15, 0.2) is 72.9 Å². The zero-order valence-electron chi connectivity index (χ0n) is 15.9. The standard InChI is InChI=1S/C23H21Br2NO3/c1-2-29-21(28)22(15-16-9-5-3-6-10-16)13-14-26(19-18(22)23(19,24)25)20(27)17-11-7-4-8-12-17/h3-14,18-19H,2,15H2,1H3/t18-,19+,22+/m0/s1. The first-order valence-electron chi connectivity index (χ1n) is 9.58. The van der Waals surface area contributed by atoms with Crippen molar-refractivity contribution in [1.29, 1.82) is 0 Å². The highest BCUT2D eigenvalue weighted by Gasteiger charge is 2.75. The van der Waals surface area contributed by atoms with Gasteiger partial charge >= 0.3 is 5.97 Å². The maximum absolute atomic E-state index is 13.2. The second-order valence-electron chi connectivity index (χ2n) is 7.41. The monoisotopic (exact) mass is 517 g/mol. The van der Waals surface area contributed by atoms with Crippen LogP contribution in [-0.4, -0.2) is 32.7 Å². The lowest BCUT2D eigenvalue weighted by Crippen LogP contribution is -2.43. The Kier molecular flexibility index (Phi) is 5.42.